The second kappa shape index (κ2) is 4.67. The predicted octanol–water partition coefficient (Wildman–Crippen LogP) is 1.51. The first-order valence-electron chi connectivity index (χ1n) is 4.94. The quantitative estimate of drug-likeness (QED) is 0.617. The molecule has 0 unspecified atom stereocenters. The minimum absolute atomic E-state index is 0.00868. The molecule has 0 saturated carbocycles. The van der Waals surface area contributed by atoms with Crippen molar-refractivity contribution in [1.29, 1.82) is 0 Å². The van der Waals surface area contributed by atoms with Gasteiger partial charge in [0.15, 0.2) is 5.43 Å². The van der Waals surface area contributed by atoms with E-state index in [-0.39, 0.29) is 21.6 Å². The van der Waals surface area contributed by atoms with Crippen LogP contribution in [0.4, 0.5) is 0 Å². The van der Waals surface area contributed by atoms with E-state index in [9.17, 15) is 18.0 Å². The zero-order chi connectivity index (χ0) is 14.2. The summed E-state index contributed by atoms with van der Waals surface area (Å²) in [4.78, 5) is 22.8. The highest BCUT2D eigenvalue weighted by Crippen LogP contribution is 2.20. The normalized spacial score (nSPS) is 11.5. The number of esters is 1. The fraction of sp³-hybridized carbons (Fsp3) is 0.0909. The molecule has 0 N–H and O–H groups in total. The molecule has 1 aromatic heterocycles. The van der Waals surface area contributed by atoms with Gasteiger partial charge in [-0.3, -0.25) is 4.79 Å². The Kier molecular flexibility index (Phi) is 3.34. The molecular weight excluding hydrogens is 296 g/mol. The third-order valence-corrected chi connectivity index (χ3v) is 3.72. The van der Waals surface area contributed by atoms with Crippen LogP contribution < -0.4 is 5.43 Å². The highest BCUT2D eigenvalue weighted by atomic mass is 35.7. The maximum absolute atomic E-state index is 11.8. The minimum atomic E-state index is -3.94. The molecule has 0 saturated heterocycles. The first kappa shape index (κ1) is 13.6. The van der Waals surface area contributed by atoms with E-state index < -0.39 is 20.4 Å². The van der Waals surface area contributed by atoms with Crippen molar-refractivity contribution in [2.45, 2.75) is 4.90 Å². The SMILES string of the molecule is COC(=O)c1cc(=O)c2cc(S(=O)(=O)Cl)ccc2o1. The maximum atomic E-state index is 11.8. The summed E-state index contributed by atoms with van der Waals surface area (Å²) >= 11 is 0. The molecule has 0 fully saturated rings. The molecule has 1 aromatic carbocycles. The standard InChI is InChI=1S/C11H7ClO6S/c1-17-11(14)10-5-8(13)7-4-6(19(12,15)16)2-3-9(7)18-10/h2-5H,1H3. The third-order valence-electron chi connectivity index (χ3n) is 2.37. The van der Waals surface area contributed by atoms with Crippen LogP contribution in [0.5, 0.6) is 0 Å². The summed E-state index contributed by atoms with van der Waals surface area (Å²) in [6.45, 7) is 0. The third kappa shape index (κ3) is 2.61. The molecule has 6 nitrogen and oxygen atoms in total. The highest BCUT2D eigenvalue weighted by Gasteiger charge is 2.15. The second-order valence-electron chi connectivity index (χ2n) is 3.56. The van der Waals surface area contributed by atoms with Crippen LogP contribution >= 0.6 is 10.7 Å². The summed E-state index contributed by atoms with van der Waals surface area (Å²) in [6.07, 6.45) is 0. The van der Waals surface area contributed by atoms with Gasteiger partial charge in [-0.05, 0) is 18.2 Å². The average molecular weight is 303 g/mol. The largest absolute Gasteiger partial charge is 0.463 e. The van der Waals surface area contributed by atoms with Crippen LogP contribution in [0.1, 0.15) is 10.6 Å². The van der Waals surface area contributed by atoms with Crippen LogP contribution in [0.3, 0.4) is 0 Å². The Labute approximate surface area is 112 Å². The smallest absolute Gasteiger partial charge is 0.374 e. The lowest BCUT2D eigenvalue weighted by Crippen LogP contribution is -2.08. The van der Waals surface area contributed by atoms with E-state index in [4.69, 9.17) is 15.1 Å². The van der Waals surface area contributed by atoms with Gasteiger partial charge in [0.25, 0.3) is 9.05 Å². The van der Waals surface area contributed by atoms with E-state index in [1.54, 1.807) is 0 Å². The molecule has 2 aromatic rings. The lowest BCUT2D eigenvalue weighted by molar-refractivity contribution is 0.0565. The van der Waals surface area contributed by atoms with Crippen LogP contribution in [0.2, 0.25) is 0 Å². The first-order chi connectivity index (χ1) is 8.82. The molecule has 0 amide bonds. The molecule has 2 rings (SSSR count). The van der Waals surface area contributed by atoms with Crippen LogP contribution in [0.25, 0.3) is 11.0 Å². The van der Waals surface area contributed by atoms with Gasteiger partial charge in [0.05, 0.1) is 17.4 Å². The van der Waals surface area contributed by atoms with Crippen molar-refractivity contribution in [3.8, 4) is 0 Å². The molecule has 19 heavy (non-hydrogen) atoms. The minimum Gasteiger partial charge on any atom is -0.463 e. The average Bonchev–Trinajstić information content (AvgIpc) is 2.36. The zero-order valence-electron chi connectivity index (χ0n) is 9.55. The Balaban J connectivity index is 2.74. The van der Waals surface area contributed by atoms with Gasteiger partial charge in [-0.25, -0.2) is 13.2 Å². The van der Waals surface area contributed by atoms with Crippen molar-refractivity contribution >= 4 is 36.7 Å². The van der Waals surface area contributed by atoms with Crippen LogP contribution in [0.15, 0.2) is 38.4 Å². The molecular formula is C11H7ClO6S. The van der Waals surface area contributed by atoms with Crippen LogP contribution in [-0.4, -0.2) is 21.5 Å². The number of carbonyl (C=O) groups excluding carboxylic acids is 1. The van der Waals surface area contributed by atoms with Crippen molar-refractivity contribution in [2.24, 2.45) is 0 Å². The number of hydrogen-bond acceptors (Lipinski definition) is 6. The molecule has 0 radical (unpaired) electrons. The second-order valence-corrected chi connectivity index (χ2v) is 6.13. The predicted molar refractivity (Wildman–Crippen MR) is 66.9 cm³/mol. The summed E-state index contributed by atoms with van der Waals surface area (Å²) in [5.74, 6) is -1.06. The number of rotatable bonds is 2. The molecule has 0 aliphatic carbocycles. The molecule has 8 heteroatoms. The van der Waals surface area contributed by atoms with Crippen LogP contribution in [0, 0.1) is 0 Å². The molecule has 0 aliphatic heterocycles. The molecule has 0 bridgehead atoms. The Morgan fingerprint density at radius 2 is 2.00 bits per heavy atom. The Bertz CT molecular complexity index is 821. The van der Waals surface area contributed by atoms with Crippen molar-refractivity contribution in [2.75, 3.05) is 7.11 Å². The number of halogens is 1. The molecule has 1 heterocycles. The summed E-state index contributed by atoms with van der Waals surface area (Å²) in [6, 6.07) is 4.44. The lowest BCUT2D eigenvalue weighted by Gasteiger charge is -2.02. The molecule has 0 aliphatic rings. The Morgan fingerprint density at radius 3 is 2.58 bits per heavy atom. The van der Waals surface area contributed by atoms with Crippen molar-refractivity contribution in [3.05, 3.63) is 40.2 Å². The van der Waals surface area contributed by atoms with E-state index in [1.807, 2.05) is 0 Å². The number of fused-ring (bicyclic) bond motifs is 1. The van der Waals surface area contributed by atoms with Gasteiger partial charge in [0, 0.05) is 16.7 Å². The van der Waals surface area contributed by atoms with Gasteiger partial charge in [-0.15, -0.1) is 0 Å². The topological polar surface area (TPSA) is 90.7 Å². The Hall–Kier alpha value is -1.86. The van der Waals surface area contributed by atoms with Crippen LogP contribution in [-0.2, 0) is 13.8 Å². The number of benzene rings is 1. The van der Waals surface area contributed by atoms with E-state index in [0.717, 1.165) is 19.2 Å². The molecule has 0 spiro atoms. The monoisotopic (exact) mass is 302 g/mol. The molecule has 0 atom stereocenters. The number of carbonyl (C=O) groups is 1. The lowest BCUT2D eigenvalue weighted by atomic mass is 10.2. The fourth-order valence-electron chi connectivity index (χ4n) is 1.49. The summed E-state index contributed by atoms with van der Waals surface area (Å²) in [5.41, 5.74) is -0.499. The van der Waals surface area contributed by atoms with Gasteiger partial charge in [0.2, 0.25) is 5.76 Å². The summed E-state index contributed by atoms with van der Waals surface area (Å²) in [5, 5.41) is 0.00868. The van der Waals surface area contributed by atoms with E-state index in [2.05, 4.69) is 4.74 Å². The summed E-state index contributed by atoms with van der Waals surface area (Å²) < 4.78 is 31.9. The van der Waals surface area contributed by atoms with Crippen molar-refractivity contribution in [3.63, 3.8) is 0 Å². The maximum Gasteiger partial charge on any atom is 0.374 e. The zero-order valence-corrected chi connectivity index (χ0v) is 11.1. The summed E-state index contributed by atoms with van der Waals surface area (Å²) in [7, 11) is 2.39. The van der Waals surface area contributed by atoms with E-state index >= 15 is 0 Å². The van der Waals surface area contributed by atoms with E-state index in [1.165, 1.54) is 12.1 Å². The van der Waals surface area contributed by atoms with Gasteiger partial charge < -0.3 is 9.15 Å². The molecule has 100 valence electrons. The van der Waals surface area contributed by atoms with Gasteiger partial charge >= 0.3 is 5.97 Å². The number of methoxy groups -OCH3 is 1. The van der Waals surface area contributed by atoms with Crippen molar-refractivity contribution in [1.82, 2.24) is 0 Å². The van der Waals surface area contributed by atoms with Gasteiger partial charge in [-0.1, -0.05) is 0 Å². The number of ether oxygens (including phenoxy) is 1. The van der Waals surface area contributed by atoms with Gasteiger partial charge in [-0.2, -0.15) is 0 Å². The van der Waals surface area contributed by atoms with Crippen molar-refractivity contribution < 1.29 is 22.4 Å². The fourth-order valence-corrected chi connectivity index (χ4v) is 2.27. The Morgan fingerprint density at radius 1 is 1.32 bits per heavy atom. The first-order valence-corrected chi connectivity index (χ1v) is 7.25. The van der Waals surface area contributed by atoms with Gasteiger partial charge in [0.1, 0.15) is 5.58 Å². The highest BCUT2D eigenvalue weighted by molar-refractivity contribution is 8.13. The van der Waals surface area contributed by atoms with E-state index in [0.29, 0.717) is 0 Å². The number of hydrogen-bond donors (Lipinski definition) is 0.